The molecule has 1 aromatic carbocycles. The van der Waals surface area contributed by atoms with E-state index in [4.69, 9.17) is 9.90 Å². The molecule has 38 heavy (non-hydrogen) atoms. The largest absolute Gasteiger partial charge is 0.542 e. The van der Waals surface area contributed by atoms with Gasteiger partial charge in [0.05, 0.1) is 29.2 Å². The molecule has 200 valence electrons. The molecule has 0 radical (unpaired) electrons. The number of hydrogen-bond donors (Lipinski definition) is 1. The Hall–Kier alpha value is -4.42. The number of pyridine rings is 2. The van der Waals surface area contributed by atoms with E-state index in [2.05, 4.69) is 15.3 Å². The van der Waals surface area contributed by atoms with Crippen LogP contribution in [0, 0.1) is 11.6 Å². The third-order valence-corrected chi connectivity index (χ3v) is 5.43. The molecule has 3 aromatic rings. The van der Waals surface area contributed by atoms with E-state index < -0.39 is 23.8 Å². The number of aromatic amines is 1. The van der Waals surface area contributed by atoms with Gasteiger partial charge in [-0.3, -0.25) is 14.6 Å². The molecule has 1 aliphatic heterocycles. The number of amides is 2. The third kappa shape index (κ3) is 7.08. The lowest BCUT2D eigenvalue weighted by Crippen LogP contribution is -2.39. The Bertz CT molecular complexity index is 1330. The van der Waals surface area contributed by atoms with Crippen molar-refractivity contribution in [1.82, 2.24) is 10.3 Å². The molecule has 4 rings (SSSR count). The maximum atomic E-state index is 13.5. The summed E-state index contributed by atoms with van der Waals surface area (Å²) in [5, 5.41) is 11.6. The van der Waals surface area contributed by atoms with Crippen LogP contribution in [0.15, 0.2) is 54.7 Å². The lowest BCUT2D eigenvalue weighted by atomic mass is 10.0. The Labute approximate surface area is 213 Å². The summed E-state index contributed by atoms with van der Waals surface area (Å²) in [4.78, 5) is 43.1. The molecule has 0 saturated heterocycles. The number of aliphatic carboxylic acids is 1. The van der Waals surface area contributed by atoms with Gasteiger partial charge in [0, 0.05) is 18.2 Å². The number of halogens is 5. The zero-order valence-corrected chi connectivity index (χ0v) is 19.8. The van der Waals surface area contributed by atoms with Crippen molar-refractivity contribution in [1.29, 1.82) is 0 Å². The molecule has 2 aromatic heterocycles. The molecule has 0 bridgehead atoms. The fourth-order valence-electron chi connectivity index (χ4n) is 3.58. The van der Waals surface area contributed by atoms with Gasteiger partial charge in [0.15, 0.2) is 6.20 Å². The van der Waals surface area contributed by atoms with Gasteiger partial charge in [-0.05, 0) is 56.2 Å². The highest BCUT2D eigenvalue weighted by Crippen LogP contribution is 2.28. The number of aromatic nitrogens is 2. The van der Waals surface area contributed by atoms with Gasteiger partial charge in [-0.2, -0.15) is 13.2 Å². The molecule has 1 aliphatic rings. The lowest BCUT2D eigenvalue weighted by molar-refractivity contribution is -0.382. The Morgan fingerprint density at radius 3 is 2.32 bits per heavy atom. The quantitative estimate of drug-likeness (QED) is 0.515. The number of carboxylic acids is 1. The highest BCUT2D eigenvalue weighted by molar-refractivity contribution is 6.04. The fraction of sp³-hybridized carbons (Fsp3) is 0.240. The van der Waals surface area contributed by atoms with Gasteiger partial charge >= 0.3 is 12.1 Å². The van der Waals surface area contributed by atoms with Gasteiger partial charge in [-0.25, -0.2) is 13.8 Å². The zero-order valence-electron chi connectivity index (χ0n) is 19.8. The first-order chi connectivity index (χ1) is 17.9. The minimum atomic E-state index is -5.19. The van der Waals surface area contributed by atoms with Crippen molar-refractivity contribution < 1.29 is 46.4 Å². The molecule has 0 fully saturated rings. The van der Waals surface area contributed by atoms with E-state index >= 15 is 0 Å². The summed E-state index contributed by atoms with van der Waals surface area (Å²) in [5.41, 5.74) is 2.60. The minimum absolute atomic E-state index is 0.164. The van der Waals surface area contributed by atoms with E-state index in [1.54, 1.807) is 17.0 Å². The van der Waals surface area contributed by atoms with Crippen molar-refractivity contribution in [3.8, 4) is 0 Å². The summed E-state index contributed by atoms with van der Waals surface area (Å²) in [5.74, 6) is -4.56. The normalized spacial score (nSPS) is 13.5. The Balaban J connectivity index is 0.000000505. The van der Waals surface area contributed by atoms with Crippen LogP contribution in [0.1, 0.15) is 51.6 Å². The second kappa shape index (κ2) is 11.8. The SMILES string of the molecule is CC(NC(=O)c1ccc(F)cc1)c1ccc2c(n1)CCCN2C(=O)c1cc(F)cc[nH+]1.O=C([O-])C(F)(F)F. The molecular formula is C25H21F5N4O4. The standard InChI is InChI=1S/C23H20F2N4O2.C2HF3O2/c1-14(27-22(30)15-4-6-16(24)7-5-15)18-8-9-21-19(28-18)3-2-12-29(21)23(31)20-13-17(25)10-11-26-20;3-2(4,5)1(6)7/h4-11,13-14H,2-3,12H2,1H3,(H,27,30);(H,6,7). The summed E-state index contributed by atoms with van der Waals surface area (Å²) >= 11 is 0. The van der Waals surface area contributed by atoms with Crippen molar-refractivity contribution in [3.05, 3.63) is 89.0 Å². The van der Waals surface area contributed by atoms with Crippen molar-refractivity contribution in [2.75, 3.05) is 11.4 Å². The molecule has 2 amide bonds. The van der Waals surface area contributed by atoms with E-state index in [0.29, 0.717) is 29.9 Å². The number of carbonyl (C=O) groups excluding carboxylic acids is 3. The number of aryl methyl sites for hydroxylation is 1. The molecule has 0 saturated carbocycles. The third-order valence-electron chi connectivity index (χ3n) is 5.43. The number of nitrogens with one attached hydrogen (secondary N) is 2. The summed E-state index contributed by atoms with van der Waals surface area (Å²) in [6, 6.07) is 10.9. The number of carbonyl (C=O) groups is 3. The molecule has 1 atom stereocenters. The second-order valence-electron chi connectivity index (χ2n) is 8.17. The van der Waals surface area contributed by atoms with Crippen molar-refractivity contribution >= 4 is 23.5 Å². The second-order valence-corrected chi connectivity index (χ2v) is 8.17. The number of rotatable bonds is 4. The van der Waals surface area contributed by atoms with Crippen LogP contribution in [-0.2, 0) is 11.2 Å². The van der Waals surface area contributed by atoms with Crippen LogP contribution in [0.2, 0.25) is 0 Å². The van der Waals surface area contributed by atoms with Gasteiger partial charge < -0.3 is 20.1 Å². The molecule has 3 heterocycles. The van der Waals surface area contributed by atoms with Gasteiger partial charge in [0.25, 0.3) is 11.6 Å². The minimum Gasteiger partial charge on any atom is -0.542 e. The van der Waals surface area contributed by atoms with Gasteiger partial charge in [-0.15, -0.1) is 0 Å². The van der Waals surface area contributed by atoms with Crippen molar-refractivity contribution in [3.63, 3.8) is 0 Å². The maximum Gasteiger partial charge on any atom is 0.430 e. The molecular weight excluding hydrogens is 515 g/mol. The zero-order chi connectivity index (χ0) is 28.0. The summed E-state index contributed by atoms with van der Waals surface area (Å²) in [6.45, 7) is 2.32. The van der Waals surface area contributed by atoms with Crippen LogP contribution >= 0.6 is 0 Å². The Morgan fingerprint density at radius 2 is 1.71 bits per heavy atom. The lowest BCUT2D eigenvalue weighted by Gasteiger charge is -2.28. The van der Waals surface area contributed by atoms with Crippen molar-refractivity contribution in [2.24, 2.45) is 0 Å². The van der Waals surface area contributed by atoms with E-state index in [-0.39, 0.29) is 23.6 Å². The number of alkyl halides is 3. The molecule has 13 heteroatoms. The predicted molar refractivity (Wildman–Crippen MR) is 121 cm³/mol. The van der Waals surface area contributed by atoms with Crippen LogP contribution in [0.25, 0.3) is 0 Å². The first kappa shape index (κ1) is 28.2. The van der Waals surface area contributed by atoms with Gasteiger partial charge in [0.1, 0.15) is 17.6 Å². The maximum absolute atomic E-state index is 13.5. The first-order valence-electron chi connectivity index (χ1n) is 11.2. The Kier molecular flexibility index (Phi) is 8.71. The fourth-order valence-corrected chi connectivity index (χ4v) is 3.58. The number of fused-ring (bicyclic) bond motifs is 1. The van der Waals surface area contributed by atoms with Crippen LogP contribution in [0.4, 0.5) is 27.6 Å². The number of anilines is 1. The van der Waals surface area contributed by atoms with Crippen molar-refractivity contribution in [2.45, 2.75) is 32.0 Å². The first-order valence-corrected chi connectivity index (χ1v) is 11.2. The van der Waals surface area contributed by atoms with Crippen LogP contribution in [0.5, 0.6) is 0 Å². The van der Waals surface area contributed by atoms with Crippen LogP contribution in [-0.4, -0.2) is 35.5 Å². The number of nitrogens with zero attached hydrogens (tertiary/aromatic N) is 2. The highest BCUT2D eigenvalue weighted by atomic mass is 19.4. The molecule has 1 unspecified atom stereocenters. The summed E-state index contributed by atoms with van der Waals surface area (Å²) in [7, 11) is 0. The number of H-pyrrole nitrogens is 1. The average molecular weight is 536 g/mol. The molecule has 8 nitrogen and oxygen atoms in total. The van der Waals surface area contributed by atoms with Gasteiger partial charge in [-0.1, -0.05) is 0 Å². The van der Waals surface area contributed by atoms with E-state index in [9.17, 15) is 31.5 Å². The number of benzene rings is 1. The van der Waals surface area contributed by atoms with E-state index in [0.717, 1.165) is 12.1 Å². The monoisotopic (exact) mass is 536 g/mol. The van der Waals surface area contributed by atoms with Crippen LogP contribution in [0.3, 0.4) is 0 Å². The summed E-state index contributed by atoms with van der Waals surface area (Å²) < 4.78 is 58.1. The Morgan fingerprint density at radius 1 is 1.05 bits per heavy atom. The smallest absolute Gasteiger partial charge is 0.430 e. The van der Waals surface area contributed by atoms with Gasteiger partial charge in [0.2, 0.25) is 0 Å². The number of carboxylic acid groups (broad SMARTS) is 1. The predicted octanol–water partition coefficient (Wildman–Crippen LogP) is 2.56. The molecule has 0 spiro atoms. The van der Waals surface area contributed by atoms with Crippen LogP contribution < -0.4 is 20.3 Å². The van der Waals surface area contributed by atoms with E-state index in [1.807, 2.05) is 6.92 Å². The summed E-state index contributed by atoms with van der Waals surface area (Å²) in [6.07, 6.45) is -2.39. The highest BCUT2D eigenvalue weighted by Gasteiger charge is 2.29. The molecule has 2 N–H and O–H groups in total. The number of hydrogen-bond acceptors (Lipinski definition) is 5. The topological polar surface area (TPSA) is 117 Å². The van der Waals surface area contributed by atoms with E-state index in [1.165, 1.54) is 42.6 Å². The molecule has 0 aliphatic carbocycles. The average Bonchev–Trinajstić information content (AvgIpc) is 2.87.